The van der Waals surface area contributed by atoms with E-state index in [1.807, 2.05) is 78.9 Å². The smallest absolute Gasteiger partial charge is 0.341 e. The van der Waals surface area contributed by atoms with Crippen LogP contribution < -0.4 is 4.74 Å². The highest BCUT2D eigenvalue weighted by Gasteiger charge is 2.42. The molecule has 3 aromatic carbocycles. The number of carbonyl (C=O) groups is 1. The molecule has 0 N–H and O–H groups in total. The average Bonchev–Trinajstić information content (AvgIpc) is 2.63. The Hall–Kier alpha value is -2.58. The molecule has 0 bridgehead atoms. The molecule has 0 fully saturated rings. The number of ether oxygens (including phenoxy) is 1. The van der Waals surface area contributed by atoms with Crippen molar-refractivity contribution in [1.29, 1.82) is 0 Å². The second-order valence-electron chi connectivity index (χ2n) is 5.09. The number of benzene rings is 3. The molecule has 0 saturated carbocycles. The molecule has 23 heavy (non-hydrogen) atoms. The van der Waals surface area contributed by atoms with Crippen LogP contribution in [-0.2, 0) is 9.67 Å². The van der Waals surface area contributed by atoms with Gasteiger partial charge < -0.3 is 4.74 Å². The Bertz CT molecular complexity index is 731. The fourth-order valence-corrected chi connectivity index (χ4v) is 2.69. The van der Waals surface area contributed by atoms with Crippen molar-refractivity contribution < 1.29 is 9.53 Å². The van der Waals surface area contributed by atoms with Gasteiger partial charge in [0.15, 0.2) is 4.87 Å². The summed E-state index contributed by atoms with van der Waals surface area (Å²) in [4.78, 5) is 11.5. The van der Waals surface area contributed by atoms with E-state index in [1.54, 1.807) is 12.1 Å². The van der Waals surface area contributed by atoms with E-state index in [9.17, 15) is 4.79 Å². The molecule has 0 amide bonds. The van der Waals surface area contributed by atoms with Crippen LogP contribution in [0.15, 0.2) is 91.0 Å². The molecular weight excluding hydrogens is 308 g/mol. The lowest BCUT2D eigenvalue weighted by atomic mass is 9.90. The Labute approximate surface area is 140 Å². The molecule has 3 rings (SSSR count). The minimum absolute atomic E-state index is 0.467. The second-order valence-corrected chi connectivity index (χ2v) is 5.66. The van der Waals surface area contributed by atoms with Crippen LogP contribution in [0.1, 0.15) is 11.1 Å². The van der Waals surface area contributed by atoms with Crippen LogP contribution in [-0.4, -0.2) is 5.97 Å². The molecular formula is C20H15ClO2. The summed E-state index contributed by atoms with van der Waals surface area (Å²) in [5, 5.41) is 0. The van der Waals surface area contributed by atoms with Crippen LogP contribution in [0.5, 0.6) is 5.75 Å². The molecule has 3 heteroatoms. The minimum atomic E-state index is -1.39. The summed E-state index contributed by atoms with van der Waals surface area (Å²) in [5.41, 5.74) is 1.35. The lowest BCUT2D eigenvalue weighted by Gasteiger charge is -2.26. The third-order valence-electron chi connectivity index (χ3n) is 3.58. The Morgan fingerprint density at radius 1 is 0.696 bits per heavy atom. The van der Waals surface area contributed by atoms with Gasteiger partial charge in [-0.15, -0.1) is 0 Å². The van der Waals surface area contributed by atoms with Gasteiger partial charge in [-0.1, -0.05) is 90.5 Å². The normalized spacial score (nSPS) is 11.0. The highest BCUT2D eigenvalue weighted by molar-refractivity contribution is 6.36. The minimum Gasteiger partial charge on any atom is -0.425 e. The lowest BCUT2D eigenvalue weighted by Crippen LogP contribution is -2.35. The third kappa shape index (κ3) is 3.13. The number of halogens is 1. The fraction of sp³-hybridized carbons (Fsp3) is 0.0500. The quantitative estimate of drug-likeness (QED) is 0.393. The molecule has 3 aromatic rings. The maximum Gasteiger partial charge on any atom is 0.341 e. The number of carbonyl (C=O) groups excluding carboxylic acids is 1. The number of hydrogen-bond donors (Lipinski definition) is 0. The van der Waals surface area contributed by atoms with E-state index in [0.29, 0.717) is 16.9 Å². The summed E-state index contributed by atoms with van der Waals surface area (Å²) in [6.07, 6.45) is 0. The first-order valence-electron chi connectivity index (χ1n) is 7.28. The number of para-hydroxylation sites is 1. The molecule has 0 heterocycles. The first-order chi connectivity index (χ1) is 11.2. The van der Waals surface area contributed by atoms with Crippen molar-refractivity contribution in [1.82, 2.24) is 0 Å². The van der Waals surface area contributed by atoms with Crippen molar-refractivity contribution >= 4 is 17.6 Å². The number of rotatable bonds is 4. The molecule has 0 aliphatic carbocycles. The van der Waals surface area contributed by atoms with E-state index in [0.717, 1.165) is 0 Å². The molecule has 0 saturated heterocycles. The average molecular weight is 323 g/mol. The number of hydrogen-bond acceptors (Lipinski definition) is 2. The van der Waals surface area contributed by atoms with Gasteiger partial charge in [0.2, 0.25) is 0 Å². The van der Waals surface area contributed by atoms with Gasteiger partial charge in [0.25, 0.3) is 0 Å². The standard InChI is InChI=1S/C20H15ClO2/c21-20(16-10-4-1-5-11-16,17-12-6-2-7-13-17)19(22)23-18-14-8-3-9-15-18/h1-15H. The molecule has 0 aromatic heterocycles. The van der Waals surface area contributed by atoms with Crippen LogP contribution in [0.4, 0.5) is 0 Å². The maximum atomic E-state index is 12.9. The van der Waals surface area contributed by atoms with Crippen molar-refractivity contribution in [2.24, 2.45) is 0 Å². The van der Waals surface area contributed by atoms with Crippen molar-refractivity contribution in [2.45, 2.75) is 4.87 Å². The maximum absolute atomic E-state index is 12.9. The molecule has 114 valence electrons. The van der Waals surface area contributed by atoms with Crippen LogP contribution in [0.2, 0.25) is 0 Å². The first kappa shape index (κ1) is 15.3. The van der Waals surface area contributed by atoms with Gasteiger partial charge in [-0.25, -0.2) is 4.79 Å². The van der Waals surface area contributed by atoms with E-state index in [2.05, 4.69) is 0 Å². The van der Waals surface area contributed by atoms with Gasteiger partial charge in [0.05, 0.1) is 0 Å². The van der Waals surface area contributed by atoms with Crippen molar-refractivity contribution in [3.05, 3.63) is 102 Å². The van der Waals surface area contributed by atoms with Gasteiger partial charge in [-0.3, -0.25) is 0 Å². The molecule has 0 unspecified atom stereocenters. The monoisotopic (exact) mass is 322 g/mol. The van der Waals surface area contributed by atoms with Crippen molar-refractivity contribution in [2.75, 3.05) is 0 Å². The molecule has 0 aliphatic heterocycles. The Kier molecular flexibility index (Phi) is 4.45. The summed E-state index contributed by atoms with van der Waals surface area (Å²) in [5.74, 6) is -0.0582. The second kappa shape index (κ2) is 6.67. The predicted molar refractivity (Wildman–Crippen MR) is 91.6 cm³/mol. The largest absolute Gasteiger partial charge is 0.425 e. The zero-order chi connectivity index (χ0) is 16.1. The van der Waals surface area contributed by atoms with Crippen molar-refractivity contribution in [3.8, 4) is 5.75 Å². The molecule has 2 nitrogen and oxygen atoms in total. The van der Waals surface area contributed by atoms with Gasteiger partial charge in [-0.05, 0) is 23.3 Å². The highest BCUT2D eigenvalue weighted by Crippen LogP contribution is 2.38. The predicted octanol–water partition coefficient (Wildman–Crippen LogP) is 4.77. The SMILES string of the molecule is O=C(Oc1ccccc1)C(Cl)(c1ccccc1)c1ccccc1. The Balaban J connectivity index is 2.04. The van der Waals surface area contributed by atoms with Crippen LogP contribution in [0, 0.1) is 0 Å². The summed E-state index contributed by atoms with van der Waals surface area (Å²) < 4.78 is 5.52. The first-order valence-corrected chi connectivity index (χ1v) is 7.66. The third-order valence-corrected chi connectivity index (χ3v) is 4.17. The summed E-state index contributed by atoms with van der Waals surface area (Å²) in [7, 11) is 0. The van der Waals surface area contributed by atoms with Gasteiger partial charge in [-0.2, -0.15) is 0 Å². The molecule has 0 radical (unpaired) electrons. The summed E-state index contributed by atoms with van der Waals surface area (Å²) in [6, 6.07) is 27.4. The zero-order valence-corrected chi connectivity index (χ0v) is 13.1. The summed E-state index contributed by atoms with van der Waals surface area (Å²) in [6.45, 7) is 0. The van der Waals surface area contributed by atoms with Crippen LogP contribution >= 0.6 is 11.6 Å². The molecule has 0 spiro atoms. The highest BCUT2D eigenvalue weighted by atomic mass is 35.5. The topological polar surface area (TPSA) is 26.3 Å². The Morgan fingerprint density at radius 2 is 1.09 bits per heavy atom. The van der Waals surface area contributed by atoms with E-state index in [4.69, 9.17) is 16.3 Å². The van der Waals surface area contributed by atoms with E-state index in [-0.39, 0.29) is 0 Å². The number of alkyl halides is 1. The van der Waals surface area contributed by atoms with E-state index >= 15 is 0 Å². The molecule has 0 aliphatic rings. The van der Waals surface area contributed by atoms with Gasteiger partial charge in [0.1, 0.15) is 5.75 Å². The summed E-state index contributed by atoms with van der Waals surface area (Å²) >= 11 is 6.82. The molecule has 0 atom stereocenters. The van der Waals surface area contributed by atoms with Gasteiger partial charge in [0, 0.05) is 0 Å². The zero-order valence-electron chi connectivity index (χ0n) is 12.4. The van der Waals surface area contributed by atoms with E-state index < -0.39 is 10.8 Å². The van der Waals surface area contributed by atoms with Gasteiger partial charge >= 0.3 is 5.97 Å². The Morgan fingerprint density at radius 3 is 1.52 bits per heavy atom. The van der Waals surface area contributed by atoms with Crippen LogP contribution in [0.25, 0.3) is 0 Å². The lowest BCUT2D eigenvalue weighted by molar-refractivity contribution is -0.136. The number of esters is 1. The van der Waals surface area contributed by atoms with Crippen molar-refractivity contribution in [3.63, 3.8) is 0 Å². The van der Waals surface area contributed by atoms with E-state index in [1.165, 1.54) is 0 Å². The van der Waals surface area contributed by atoms with Crippen LogP contribution in [0.3, 0.4) is 0 Å². The fourth-order valence-electron chi connectivity index (χ4n) is 2.40.